The normalized spacial score (nSPS) is 10.4. The lowest BCUT2D eigenvalue weighted by Crippen LogP contribution is -2.28. The Kier molecular flexibility index (Phi) is 5.09. The van der Waals surface area contributed by atoms with Crippen LogP contribution in [0.1, 0.15) is 21.5 Å². The molecule has 0 saturated heterocycles. The van der Waals surface area contributed by atoms with E-state index < -0.39 is 17.5 Å². The van der Waals surface area contributed by atoms with E-state index in [4.69, 9.17) is 4.74 Å². The fraction of sp³-hybridized carbons (Fsp3) is 0.235. The predicted octanol–water partition coefficient (Wildman–Crippen LogP) is 3.39. The lowest BCUT2D eigenvalue weighted by Gasteiger charge is -2.09. The van der Waals surface area contributed by atoms with E-state index in [0.29, 0.717) is 0 Å². The highest BCUT2D eigenvalue weighted by Crippen LogP contribution is 2.15. The minimum absolute atomic E-state index is 0.0744. The second-order valence-electron chi connectivity index (χ2n) is 5.06. The van der Waals surface area contributed by atoms with Gasteiger partial charge in [0.15, 0.2) is 11.6 Å². The Morgan fingerprint density at radius 2 is 1.73 bits per heavy atom. The first-order valence-electron chi connectivity index (χ1n) is 6.90. The monoisotopic (exact) mass is 305 g/mol. The van der Waals surface area contributed by atoms with Crippen LogP contribution in [0.5, 0.6) is 5.75 Å². The third-order valence-electron chi connectivity index (χ3n) is 3.03. The van der Waals surface area contributed by atoms with E-state index in [2.05, 4.69) is 5.32 Å². The van der Waals surface area contributed by atoms with Gasteiger partial charge in [-0.2, -0.15) is 0 Å². The molecule has 5 heteroatoms. The molecule has 0 saturated carbocycles. The number of hydrogen-bond acceptors (Lipinski definition) is 2. The first-order chi connectivity index (χ1) is 10.5. The van der Waals surface area contributed by atoms with Gasteiger partial charge in [-0.15, -0.1) is 0 Å². The number of hydrogen-bond donors (Lipinski definition) is 1. The van der Waals surface area contributed by atoms with Crippen molar-refractivity contribution in [2.45, 2.75) is 13.8 Å². The molecular formula is C17H17F2NO2. The first kappa shape index (κ1) is 15.9. The summed E-state index contributed by atoms with van der Waals surface area (Å²) in [5, 5.41) is 2.59. The van der Waals surface area contributed by atoms with Gasteiger partial charge < -0.3 is 10.1 Å². The van der Waals surface area contributed by atoms with Gasteiger partial charge in [-0.1, -0.05) is 6.07 Å². The van der Waals surface area contributed by atoms with Gasteiger partial charge in [-0.25, -0.2) is 8.78 Å². The molecule has 0 heterocycles. The number of rotatable bonds is 5. The van der Waals surface area contributed by atoms with E-state index >= 15 is 0 Å². The van der Waals surface area contributed by atoms with E-state index in [0.717, 1.165) is 29.0 Å². The Labute approximate surface area is 127 Å². The summed E-state index contributed by atoms with van der Waals surface area (Å²) in [5.41, 5.74) is 2.27. The number of halogens is 2. The van der Waals surface area contributed by atoms with Crippen LogP contribution >= 0.6 is 0 Å². The number of nitrogens with one attached hydrogen (secondary N) is 1. The quantitative estimate of drug-likeness (QED) is 0.860. The van der Waals surface area contributed by atoms with Crippen molar-refractivity contribution < 1.29 is 18.3 Å². The average Bonchev–Trinajstić information content (AvgIpc) is 2.45. The van der Waals surface area contributed by atoms with E-state index in [9.17, 15) is 13.6 Å². The van der Waals surface area contributed by atoms with Crippen LogP contribution in [0.4, 0.5) is 8.78 Å². The summed E-state index contributed by atoms with van der Waals surface area (Å²) in [6, 6.07) is 8.89. The highest BCUT2D eigenvalue weighted by molar-refractivity contribution is 5.94. The molecule has 1 N–H and O–H groups in total. The Balaban J connectivity index is 1.83. The summed E-state index contributed by atoms with van der Waals surface area (Å²) in [6.07, 6.45) is 0. The predicted molar refractivity (Wildman–Crippen MR) is 80.1 cm³/mol. The van der Waals surface area contributed by atoms with Gasteiger partial charge >= 0.3 is 0 Å². The molecule has 2 rings (SSSR count). The van der Waals surface area contributed by atoms with Gasteiger partial charge in [0.2, 0.25) is 0 Å². The van der Waals surface area contributed by atoms with Crippen molar-refractivity contribution in [3.8, 4) is 5.75 Å². The van der Waals surface area contributed by atoms with Crippen LogP contribution < -0.4 is 10.1 Å². The van der Waals surface area contributed by atoms with Gasteiger partial charge in [-0.05, 0) is 55.3 Å². The van der Waals surface area contributed by atoms with E-state index in [1.54, 1.807) is 0 Å². The zero-order chi connectivity index (χ0) is 16.1. The van der Waals surface area contributed by atoms with Crippen molar-refractivity contribution in [2.24, 2.45) is 0 Å². The van der Waals surface area contributed by atoms with Crippen molar-refractivity contribution in [1.82, 2.24) is 5.32 Å². The van der Waals surface area contributed by atoms with E-state index in [-0.39, 0.29) is 18.7 Å². The number of benzene rings is 2. The molecule has 2 aromatic carbocycles. The molecule has 22 heavy (non-hydrogen) atoms. The van der Waals surface area contributed by atoms with Crippen molar-refractivity contribution in [3.05, 3.63) is 64.7 Å². The molecule has 0 atom stereocenters. The second kappa shape index (κ2) is 7.02. The number of carbonyl (C=O) groups excluding carboxylic acids is 1. The van der Waals surface area contributed by atoms with Crippen LogP contribution in [0.3, 0.4) is 0 Å². The fourth-order valence-corrected chi connectivity index (χ4v) is 2.09. The number of amides is 1. The maximum atomic E-state index is 13.0. The highest BCUT2D eigenvalue weighted by atomic mass is 19.2. The molecule has 0 bridgehead atoms. The zero-order valence-electron chi connectivity index (χ0n) is 12.5. The summed E-state index contributed by atoms with van der Waals surface area (Å²) in [6.45, 7) is 4.51. The molecule has 0 radical (unpaired) electrons. The summed E-state index contributed by atoms with van der Waals surface area (Å²) < 4.78 is 31.4. The largest absolute Gasteiger partial charge is 0.492 e. The lowest BCUT2D eigenvalue weighted by atomic mass is 10.1. The van der Waals surface area contributed by atoms with Crippen LogP contribution in [0.2, 0.25) is 0 Å². The maximum Gasteiger partial charge on any atom is 0.251 e. The Morgan fingerprint density at radius 3 is 2.36 bits per heavy atom. The van der Waals surface area contributed by atoms with Crippen LogP contribution in [-0.2, 0) is 0 Å². The minimum atomic E-state index is -1.04. The van der Waals surface area contributed by atoms with Crippen molar-refractivity contribution >= 4 is 5.91 Å². The molecule has 116 valence electrons. The minimum Gasteiger partial charge on any atom is -0.492 e. The Morgan fingerprint density at radius 1 is 1.05 bits per heavy atom. The van der Waals surface area contributed by atoms with E-state index in [1.165, 1.54) is 6.07 Å². The second-order valence-corrected chi connectivity index (χ2v) is 5.06. The maximum absolute atomic E-state index is 13.0. The van der Waals surface area contributed by atoms with Crippen molar-refractivity contribution in [2.75, 3.05) is 13.2 Å². The van der Waals surface area contributed by atoms with Crippen molar-refractivity contribution in [1.29, 1.82) is 0 Å². The lowest BCUT2D eigenvalue weighted by molar-refractivity contribution is 0.0946. The van der Waals surface area contributed by atoms with Crippen LogP contribution in [0.15, 0.2) is 36.4 Å². The van der Waals surface area contributed by atoms with Crippen LogP contribution in [0.25, 0.3) is 0 Å². The highest BCUT2D eigenvalue weighted by Gasteiger charge is 2.09. The Bertz CT molecular complexity index is 666. The van der Waals surface area contributed by atoms with Gasteiger partial charge in [0, 0.05) is 5.56 Å². The third kappa shape index (κ3) is 4.28. The molecule has 3 nitrogen and oxygen atoms in total. The topological polar surface area (TPSA) is 38.3 Å². The Hall–Kier alpha value is -2.43. The molecule has 0 aliphatic heterocycles. The number of ether oxygens (including phenoxy) is 1. The molecule has 0 unspecified atom stereocenters. The number of aryl methyl sites for hydroxylation is 2. The van der Waals surface area contributed by atoms with Gasteiger partial charge in [0.05, 0.1) is 6.54 Å². The first-order valence-corrected chi connectivity index (χ1v) is 6.90. The fourth-order valence-electron chi connectivity index (χ4n) is 2.09. The molecule has 0 aromatic heterocycles. The van der Waals surface area contributed by atoms with Crippen LogP contribution in [0, 0.1) is 25.5 Å². The van der Waals surface area contributed by atoms with E-state index in [1.807, 2.05) is 32.0 Å². The zero-order valence-corrected chi connectivity index (χ0v) is 12.5. The standard InChI is InChI=1S/C17H17F2NO2/c1-11-7-12(2)9-14(8-11)22-6-5-20-17(21)13-3-4-15(18)16(19)10-13/h3-4,7-10H,5-6H2,1-2H3,(H,20,21). The number of carbonyl (C=O) groups is 1. The molecule has 2 aromatic rings. The van der Waals surface area contributed by atoms with Crippen LogP contribution in [-0.4, -0.2) is 19.1 Å². The molecule has 0 aliphatic rings. The van der Waals surface area contributed by atoms with Gasteiger partial charge in [0.25, 0.3) is 5.91 Å². The molecule has 1 amide bonds. The molecule has 0 aliphatic carbocycles. The molecular weight excluding hydrogens is 288 g/mol. The third-order valence-corrected chi connectivity index (χ3v) is 3.03. The summed E-state index contributed by atoms with van der Waals surface area (Å²) >= 11 is 0. The van der Waals surface area contributed by atoms with Gasteiger partial charge in [-0.3, -0.25) is 4.79 Å². The summed E-state index contributed by atoms with van der Waals surface area (Å²) in [4.78, 5) is 11.8. The summed E-state index contributed by atoms with van der Waals surface area (Å²) in [7, 11) is 0. The molecule has 0 fully saturated rings. The van der Waals surface area contributed by atoms with Gasteiger partial charge in [0.1, 0.15) is 12.4 Å². The summed E-state index contributed by atoms with van der Waals surface area (Å²) in [5.74, 6) is -1.75. The van der Waals surface area contributed by atoms with Crippen molar-refractivity contribution in [3.63, 3.8) is 0 Å². The SMILES string of the molecule is Cc1cc(C)cc(OCCNC(=O)c2ccc(F)c(F)c2)c1. The smallest absolute Gasteiger partial charge is 0.251 e. The average molecular weight is 305 g/mol. The molecule has 0 spiro atoms.